The molecule has 1 nitrogen and oxygen atoms in total. The molecule has 0 amide bonds. The van der Waals surface area contributed by atoms with Crippen LogP contribution in [0.25, 0.3) is 0 Å². The first-order valence-corrected chi connectivity index (χ1v) is 4.56. The van der Waals surface area contributed by atoms with Crippen LogP contribution in [0.4, 0.5) is 0 Å². The van der Waals surface area contributed by atoms with Crippen LogP contribution in [0.1, 0.15) is 22.9 Å². The van der Waals surface area contributed by atoms with E-state index in [-0.39, 0.29) is 5.38 Å². The van der Waals surface area contributed by atoms with Gasteiger partial charge in [-0.25, -0.2) is 0 Å². The molecule has 0 heterocycles. The van der Waals surface area contributed by atoms with E-state index in [0.29, 0.717) is 0 Å². The third kappa shape index (κ3) is 1.18. The van der Waals surface area contributed by atoms with Crippen LogP contribution in [0.5, 0.6) is 5.75 Å². The molecule has 1 aliphatic carbocycles. The summed E-state index contributed by atoms with van der Waals surface area (Å²) in [6.45, 7) is 0. The zero-order chi connectivity index (χ0) is 8.55. The van der Waals surface area contributed by atoms with Gasteiger partial charge in [-0.15, -0.1) is 11.6 Å². The van der Waals surface area contributed by atoms with Gasteiger partial charge in [0.05, 0.1) is 12.5 Å². The third-order valence-corrected chi connectivity index (χ3v) is 2.81. The lowest BCUT2D eigenvalue weighted by Gasteiger charge is -2.05. The number of hydrogen-bond donors (Lipinski definition) is 0. The van der Waals surface area contributed by atoms with E-state index in [1.807, 2.05) is 12.1 Å². The van der Waals surface area contributed by atoms with Crippen molar-refractivity contribution in [1.82, 2.24) is 0 Å². The maximum absolute atomic E-state index is 6.12. The van der Waals surface area contributed by atoms with Gasteiger partial charge in [-0.2, -0.15) is 0 Å². The van der Waals surface area contributed by atoms with E-state index >= 15 is 0 Å². The van der Waals surface area contributed by atoms with E-state index < -0.39 is 0 Å². The summed E-state index contributed by atoms with van der Waals surface area (Å²) in [7, 11) is 1.68. The molecule has 0 aromatic heterocycles. The Morgan fingerprint density at radius 3 is 3.08 bits per heavy atom. The summed E-state index contributed by atoms with van der Waals surface area (Å²) in [6, 6.07) is 6.14. The molecule has 0 aliphatic heterocycles. The first-order chi connectivity index (χ1) is 5.81. The number of methoxy groups -OCH3 is 1. The smallest absolute Gasteiger partial charge is 0.119 e. The van der Waals surface area contributed by atoms with Crippen LogP contribution in [-0.4, -0.2) is 7.11 Å². The van der Waals surface area contributed by atoms with Gasteiger partial charge in [0.25, 0.3) is 0 Å². The molecule has 2 rings (SSSR count). The summed E-state index contributed by atoms with van der Waals surface area (Å²) in [4.78, 5) is 0. The van der Waals surface area contributed by atoms with Crippen LogP contribution in [0, 0.1) is 0 Å². The van der Waals surface area contributed by atoms with E-state index in [1.165, 1.54) is 11.1 Å². The number of aryl methyl sites for hydroxylation is 1. The molecule has 1 aliphatic rings. The number of benzene rings is 1. The minimum atomic E-state index is 0.190. The first-order valence-electron chi connectivity index (χ1n) is 4.12. The van der Waals surface area contributed by atoms with Crippen molar-refractivity contribution in [1.29, 1.82) is 0 Å². The summed E-state index contributed by atoms with van der Waals surface area (Å²) in [6.07, 6.45) is 2.16. The lowest BCUT2D eigenvalue weighted by molar-refractivity contribution is 0.414. The van der Waals surface area contributed by atoms with Crippen molar-refractivity contribution < 1.29 is 4.74 Å². The summed E-state index contributed by atoms with van der Waals surface area (Å²) in [5, 5.41) is 0.190. The van der Waals surface area contributed by atoms with Gasteiger partial charge in [-0.1, -0.05) is 6.07 Å². The first kappa shape index (κ1) is 7.93. The lowest BCUT2D eigenvalue weighted by atomic mass is 10.1. The zero-order valence-corrected chi connectivity index (χ0v) is 7.77. The molecule has 0 fully saturated rings. The minimum absolute atomic E-state index is 0.190. The van der Waals surface area contributed by atoms with E-state index in [4.69, 9.17) is 16.3 Å². The SMILES string of the molecule is COc1ccc2c(c1)[C@H](Cl)CC2. The summed E-state index contributed by atoms with van der Waals surface area (Å²) < 4.78 is 5.13. The van der Waals surface area contributed by atoms with Gasteiger partial charge in [-0.3, -0.25) is 0 Å². The minimum Gasteiger partial charge on any atom is -0.497 e. The summed E-state index contributed by atoms with van der Waals surface area (Å²) in [5.74, 6) is 0.904. The number of hydrogen-bond acceptors (Lipinski definition) is 1. The molecular weight excluding hydrogens is 172 g/mol. The van der Waals surface area contributed by atoms with Crippen molar-refractivity contribution >= 4 is 11.6 Å². The highest BCUT2D eigenvalue weighted by atomic mass is 35.5. The van der Waals surface area contributed by atoms with Crippen molar-refractivity contribution in [2.24, 2.45) is 0 Å². The molecule has 0 unspecified atom stereocenters. The predicted molar refractivity (Wildman–Crippen MR) is 49.9 cm³/mol. The van der Waals surface area contributed by atoms with Crippen molar-refractivity contribution in [2.45, 2.75) is 18.2 Å². The Bertz CT molecular complexity index is 296. The Balaban J connectivity index is 2.43. The quantitative estimate of drug-likeness (QED) is 0.607. The van der Waals surface area contributed by atoms with Crippen molar-refractivity contribution in [3.63, 3.8) is 0 Å². The van der Waals surface area contributed by atoms with Crippen LogP contribution in [0.2, 0.25) is 0 Å². The number of halogens is 1. The Labute approximate surface area is 77.3 Å². The molecule has 12 heavy (non-hydrogen) atoms. The van der Waals surface area contributed by atoms with Gasteiger partial charge < -0.3 is 4.74 Å². The molecule has 0 bridgehead atoms. The van der Waals surface area contributed by atoms with E-state index in [9.17, 15) is 0 Å². The topological polar surface area (TPSA) is 9.23 Å². The standard InChI is InChI=1S/C10H11ClO/c1-12-8-4-2-7-3-5-10(11)9(7)6-8/h2,4,6,10H,3,5H2,1H3/t10-/m1/s1. The largest absolute Gasteiger partial charge is 0.497 e. The fourth-order valence-electron chi connectivity index (χ4n) is 1.66. The molecule has 0 spiro atoms. The maximum atomic E-state index is 6.12. The van der Waals surface area contributed by atoms with Crippen molar-refractivity contribution in [2.75, 3.05) is 7.11 Å². The summed E-state index contributed by atoms with van der Waals surface area (Å²) in [5.41, 5.74) is 2.62. The van der Waals surface area contributed by atoms with Gasteiger partial charge in [0.15, 0.2) is 0 Å². The fraction of sp³-hybridized carbons (Fsp3) is 0.400. The molecule has 0 saturated heterocycles. The van der Waals surface area contributed by atoms with Crippen molar-refractivity contribution in [3.8, 4) is 5.75 Å². The highest BCUT2D eigenvalue weighted by Gasteiger charge is 2.20. The second-order valence-electron chi connectivity index (χ2n) is 3.07. The van der Waals surface area contributed by atoms with Gasteiger partial charge in [0, 0.05) is 0 Å². The monoisotopic (exact) mass is 182 g/mol. The lowest BCUT2D eigenvalue weighted by Crippen LogP contribution is -1.87. The van der Waals surface area contributed by atoms with Crippen LogP contribution in [-0.2, 0) is 6.42 Å². The van der Waals surface area contributed by atoms with Gasteiger partial charge in [0.2, 0.25) is 0 Å². The Hall–Kier alpha value is -0.690. The molecule has 2 heteroatoms. The average molecular weight is 183 g/mol. The van der Waals surface area contributed by atoms with Crippen LogP contribution in [0.3, 0.4) is 0 Å². The molecule has 1 aromatic carbocycles. The van der Waals surface area contributed by atoms with Crippen LogP contribution in [0.15, 0.2) is 18.2 Å². The number of ether oxygens (including phenoxy) is 1. The Morgan fingerprint density at radius 2 is 2.33 bits per heavy atom. The molecular formula is C10H11ClO. The van der Waals surface area contributed by atoms with Crippen LogP contribution >= 0.6 is 11.6 Å². The maximum Gasteiger partial charge on any atom is 0.119 e. The Kier molecular flexibility index (Phi) is 1.97. The van der Waals surface area contributed by atoms with Crippen LogP contribution < -0.4 is 4.74 Å². The summed E-state index contributed by atoms with van der Waals surface area (Å²) >= 11 is 6.12. The van der Waals surface area contributed by atoms with Crippen molar-refractivity contribution in [3.05, 3.63) is 29.3 Å². The highest BCUT2D eigenvalue weighted by Crippen LogP contribution is 2.37. The van der Waals surface area contributed by atoms with E-state index in [2.05, 4.69) is 6.07 Å². The van der Waals surface area contributed by atoms with Gasteiger partial charge >= 0.3 is 0 Å². The zero-order valence-electron chi connectivity index (χ0n) is 7.01. The second kappa shape index (κ2) is 2.98. The molecule has 0 radical (unpaired) electrons. The van der Waals surface area contributed by atoms with Gasteiger partial charge in [-0.05, 0) is 36.1 Å². The molecule has 0 saturated carbocycles. The molecule has 0 N–H and O–H groups in total. The third-order valence-electron chi connectivity index (χ3n) is 2.36. The molecule has 1 atom stereocenters. The second-order valence-corrected chi connectivity index (χ2v) is 3.60. The normalized spacial score (nSPS) is 20.7. The molecule has 64 valence electrons. The predicted octanol–water partition coefficient (Wildman–Crippen LogP) is 2.92. The number of alkyl halides is 1. The van der Waals surface area contributed by atoms with Gasteiger partial charge in [0.1, 0.15) is 5.75 Å². The fourth-order valence-corrected chi connectivity index (χ4v) is 1.97. The average Bonchev–Trinajstić information content (AvgIpc) is 2.47. The van der Waals surface area contributed by atoms with E-state index in [1.54, 1.807) is 7.11 Å². The highest BCUT2D eigenvalue weighted by molar-refractivity contribution is 6.21. The van der Waals surface area contributed by atoms with E-state index in [0.717, 1.165) is 18.6 Å². The number of rotatable bonds is 1. The molecule has 1 aromatic rings. The Morgan fingerprint density at radius 1 is 1.50 bits per heavy atom. The number of fused-ring (bicyclic) bond motifs is 1.